The minimum Gasteiger partial charge on any atom is -0.334 e. The molecule has 2 aromatic rings. The zero-order valence-electron chi connectivity index (χ0n) is 8.22. The fraction of sp³-hybridized carbons (Fsp3) is 0. The summed E-state index contributed by atoms with van der Waals surface area (Å²) in [5.74, 6) is -1.24. The van der Waals surface area contributed by atoms with Crippen LogP contribution in [-0.2, 0) is 0 Å². The first-order valence-electron chi connectivity index (χ1n) is 4.46. The van der Waals surface area contributed by atoms with Gasteiger partial charge in [-0.05, 0) is 28.1 Å². The average molecular weight is 321 g/mol. The van der Waals surface area contributed by atoms with Crippen molar-refractivity contribution >= 4 is 39.0 Å². The fourth-order valence-electron chi connectivity index (χ4n) is 1.17. The SMILES string of the molecule is Fc1cccc(F)c1Nc1ncnc(Cl)c1Br. The first-order chi connectivity index (χ1) is 8.09. The molecule has 0 aliphatic heterocycles. The van der Waals surface area contributed by atoms with Crippen LogP contribution in [0.15, 0.2) is 29.0 Å². The molecule has 17 heavy (non-hydrogen) atoms. The molecule has 0 radical (unpaired) electrons. The number of hydrogen-bond donors (Lipinski definition) is 1. The van der Waals surface area contributed by atoms with Crippen LogP contribution in [-0.4, -0.2) is 9.97 Å². The largest absolute Gasteiger partial charge is 0.334 e. The predicted molar refractivity (Wildman–Crippen MR) is 64.4 cm³/mol. The van der Waals surface area contributed by atoms with Crippen molar-refractivity contribution in [2.24, 2.45) is 0 Å². The van der Waals surface area contributed by atoms with E-state index in [0.29, 0.717) is 4.47 Å². The quantitative estimate of drug-likeness (QED) is 0.852. The molecule has 0 saturated heterocycles. The molecule has 3 nitrogen and oxygen atoms in total. The number of benzene rings is 1. The number of hydrogen-bond acceptors (Lipinski definition) is 3. The van der Waals surface area contributed by atoms with E-state index in [2.05, 4.69) is 31.2 Å². The van der Waals surface area contributed by atoms with E-state index in [0.717, 1.165) is 12.1 Å². The van der Waals surface area contributed by atoms with E-state index in [1.54, 1.807) is 0 Å². The summed E-state index contributed by atoms with van der Waals surface area (Å²) >= 11 is 8.86. The average Bonchev–Trinajstić information content (AvgIpc) is 2.29. The van der Waals surface area contributed by atoms with E-state index in [1.807, 2.05) is 0 Å². The number of nitrogens with one attached hydrogen (secondary N) is 1. The molecule has 7 heteroatoms. The summed E-state index contributed by atoms with van der Waals surface area (Å²) in [6, 6.07) is 3.56. The zero-order valence-corrected chi connectivity index (χ0v) is 10.6. The van der Waals surface area contributed by atoms with Crippen LogP contribution in [0.3, 0.4) is 0 Å². The van der Waals surface area contributed by atoms with E-state index >= 15 is 0 Å². The lowest BCUT2D eigenvalue weighted by molar-refractivity contribution is 0.590. The molecule has 1 N–H and O–H groups in total. The number of halogens is 4. The summed E-state index contributed by atoms with van der Waals surface area (Å²) in [7, 11) is 0. The van der Waals surface area contributed by atoms with Gasteiger partial charge in [0.05, 0.1) is 4.47 Å². The minimum atomic E-state index is -0.716. The first kappa shape index (κ1) is 12.2. The van der Waals surface area contributed by atoms with Crippen molar-refractivity contribution in [1.29, 1.82) is 0 Å². The lowest BCUT2D eigenvalue weighted by atomic mass is 10.3. The highest BCUT2D eigenvalue weighted by atomic mass is 79.9. The van der Waals surface area contributed by atoms with Crippen molar-refractivity contribution in [2.75, 3.05) is 5.32 Å². The second-order valence-corrected chi connectivity index (χ2v) is 4.20. The third-order valence-electron chi connectivity index (χ3n) is 1.95. The standard InChI is InChI=1S/C10H5BrClF2N3/c11-7-9(12)15-4-16-10(7)17-8-5(13)2-1-3-6(8)14/h1-4H,(H,15,16,17). The Hall–Kier alpha value is -1.27. The van der Waals surface area contributed by atoms with Crippen molar-refractivity contribution in [3.05, 3.63) is 45.8 Å². The Morgan fingerprint density at radius 2 is 1.82 bits per heavy atom. The van der Waals surface area contributed by atoms with Gasteiger partial charge >= 0.3 is 0 Å². The fourth-order valence-corrected chi connectivity index (χ4v) is 1.61. The van der Waals surface area contributed by atoms with Gasteiger partial charge in [0.1, 0.15) is 34.6 Å². The maximum atomic E-state index is 13.4. The molecule has 2 rings (SSSR count). The van der Waals surface area contributed by atoms with Crippen LogP contribution >= 0.6 is 27.5 Å². The Bertz CT molecular complexity index is 545. The molecule has 0 spiro atoms. The van der Waals surface area contributed by atoms with Crippen LogP contribution in [0.25, 0.3) is 0 Å². The molecule has 88 valence electrons. The third kappa shape index (κ3) is 2.53. The van der Waals surface area contributed by atoms with Gasteiger partial charge in [-0.2, -0.15) is 0 Å². The van der Waals surface area contributed by atoms with Gasteiger partial charge in [-0.3, -0.25) is 0 Å². The van der Waals surface area contributed by atoms with Crippen molar-refractivity contribution in [3.63, 3.8) is 0 Å². The topological polar surface area (TPSA) is 37.8 Å². The van der Waals surface area contributed by atoms with Gasteiger partial charge in [0.25, 0.3) is 0 Å². The van der Waals surface area contributed by atoms with E-state index in [9.17, 15) is 8.78 Å². The summed E-state index contributed by atoms with van der Waals surface area (Å²) < 4.78 is 27.1. The van der Waals surface area contributed by atoms with E-state index in [4.69, 9.17) is 11.6 Å². The number of rotatable bonds is 2. The molecular formula is C10H5BrClF2N3. The van der Waals surface area contributed by atoms with Gasteiger partial charge in [-0.15, -0.1) is 0 Å². The van der Waals surface area contributed by atoms with Crippen LogP contribution < -0.4 is 5.32 Å². The molecule has 0 fully saturated rings. The normalized spacial score (nSPS) is 10.4. The highest BCUT2D eigenvalue weighted by Crippen LogP contribution is 2.30. The lowest BCUT2D eigenvalue weighted by Gasteiger charge is -2.09. The maximum absolute atomic E-state index is 13.4. The molecule has 0 unspecified atom stereocenters. The molecule has 1 aromatic heterocycles. The van der Waals surface area contributed by atoms with Gasteiger partial charge < -0.3 is 5.32 Å². The minimum absolute atomic E-state index is 0.152. The Morgan fingerprint density at radius 1 is 1.18 bits per heavy atom. The molecule has 0 amide bonds. The van der Waals surface area contributed by atoms with Crippen molar-refractivity contribution in [3.8, 4) is 0 Å². The number of para-hydroxylation sites is 1. The second-order valence-electron chi connectivity index (χ2n) is 3.05. The molecule has 0 aliphatic carbocycles. The summed E-state index contributed by atoms with van der Waals surface area (Å²) in [6.07, 6.45) is 1.19. The van der Waals surface area contributed by atoms with Crippen LogP contribution in [0, 0.1) is 11.6 Å². The van der Waals surface area contributed by atoms with Crippen molar-refractivity contribution in [2.45, 2.75) is 0 Å². The molecule has 0 saturated carbocycles. The third-order valence-corrected chi connectivity index (χ3v) is 3.22. The molecular weight excluding hydrogens is 315 g/mol. The highest BCUT2D eigenvalue weighted by Gasteiger charge is 2.12. The highest BCUT2D eigenvalue weighted by molar-refractivity contribution is 9.10. The van der Waals surface area contributed by atoms with Gasteiger partial charge in [0.2, 0.25) is 0 Å². The van der Waals surface area contributed by atoms with Crippen LogP contribution in [0.5, 0.6) is 0 Å². The smallest absolute Gasteiger partial charge is 0.149 e. The monoisotopic (exact) mass is 319 g/mol. The first-order valence-corrected chi connectivity index (χ1v) is 5.63. The molecule has 0 aliphatic rings. The van der Waals surface area contributed by atoms with Crippen molar-refractivity contribution in [1.82, 2.24) is 9.97 Å². The summed E-state index contributed by atoms with van der Waals surface area (Å²) in [5, 5.41) is 2.67. The van der Waals surface area contributed by atoms with Gasteiger partial charge in [-0.25, -0.2) is 18.7 Å². The number of aromatic nitrogens is 2. The van der Waals surface area contributed by atoms with Gasteiger partial charge in [0, 0.05) is 0 Å². The second kappa shape index (κ2) is 4.93. The van der Waals surface area contributed by atoms with Crippen LogP contribution in [0.4, 0.5) is 20.3 Å². The molecule has 1 heterocycles. The Balaban J connectivity index is 2.42. The maximum Gasteiger partial charge on any atom is 0.149 e. The van der Waals surface area contributed by atoms with Crippen LogP contribution in [0.1, 0.15) is 0 Å². The molecule has 0 atom stereocenters. The zero-order chi connectivity index (χ0) is 12.4. The van der Waals surface area contributed by atoms with E-state index in [-0.39, 0.29) is 16.7 Å². The van der Waals surface area contributed by atoms with E-state index < -0.39 is 11.6 Å². The van der Waals surface area contributed by atoms with Crippen LogP contribution in [0.2, 0.25) is 5.15 Å². The number of nitrogens with zero attached hydrogens (tertiary/aromatic N) is 2. The predicted octanol–water partition coefficient (Wildman–Crippen LogP) is 3.91. The Kier molecular flexibility index (Phi) is 3.54. The van der Waals surface area contributed by atoms with E-state index in [1.165, 1.54) is 12.4 Å². The number of anilines is 2. The Labute approximate surface area is 109 Å². The summed E-state index contributed by atoms with van der Waals surface area (Å²) in [5.41, 5.74) is -0.289. The Morgan fingerprint density at radius 3 is 2.47 bits per heavy atom. The van der Waals surface area contributed by atoms with Crippen molar-refractivity contribution < 1.29 is 8.78 Å². The summed E-state index contributed by atoms with van der Waals surface area (Å²) in [4.78, 5) is 7.54. The molecule has 0 bridgehead atoms. The van der Waals surface area contributed by atoms with Gasteiger partial charge in [-0.1, -0.05) is 17.7 Å². The lowest BCUT2D eigenvalue weighted by Crippen LogP contribution is -2.00. The van der Waals surface area contributed by atoms with Gasteiger partial charge in [0.15, 0.2) is 0 Å². The summed E-state index contributed by atoms with van der Waals surface area (Å²) in [6.45, 7) is 0. The molecule has 1 aromatic carbocycles.